The first kappa shape index (κ1) is 20.1. The summed E-state index contributed by atoms with van der Waals surface area (Å²) >= 11 is 0. The zero-order chi connectivity index (χ0) is 20.9. The molecule has 3 aromatic rings. The lowest BCUT2D eigenvalue weighted by Crippen LogP contribution is -2.36. The fraction of sp³-hybridized carbons (Fsp3) is 0.240. The van der Waals surface area contributed by atoms with Crippen LogP contribution in [0.15, 0.2) is 72.8 Å². The molecule has 0 atom stereocenters. The minimum atomic E-state index is -0.264. The number of ether oxygens (including phenoxy) is 1. The number of piperidine rings is 1. The van der Waals surface area contributed by atoms with Crippen LogP contribution in [0, 0.1) is 5.82 Å². The van der Waals surface area contributed by atoms with Crippen LogP contribution in [0.1, 0.15) is 23.2 Å². The number of hydrogen-bond donors (Lipinski definition) is 1. The molecule has 4 nitrogen and oxygen atoms in total. The molecule has 1 amide bonds. The number of amides is 1. The van der Waals surface area contributed by atoms with Gasteiger partial charge in [0.1, 0.15) is 5.82 Å². The maximum absolute atomic E-state index is 13.1. The van der Waals surface area contributed by atoms with Crippen molar-refractivity contribution in [2.45, 2.75) is 18.9 Å². The van der Waals surface area contributed by atoms with Gasteiger partial charge in [0.15, 0.2) is 0 Å². The second-order valence-electron chi connectivity index (χ2n) is 7.51. The van der Waals surface area contributed by atoms with Gasteiger partial charge in [-0.2, -0.15) is 0 Å². The van der Waals surface area contributed by atoms with Crippen molar-refractivity contribution in [3.8, 4) is 11.1 Å². The summed E-state index contributed by atoms with van der Waals surface area (Å²) in [4.78, 5) is 14.9. The Morgan fingerprint density at radius 3 is 2.03 bits per heavy atom. The molecule has 0 bridgehead atoms. The summed E-state index contributed by atoms with van der Waals surface area (Å²) in [6.07, 6.45) is 2.42. The smallest absolute Gasteiger partial charge is 0.255 e. The number of nitrogens with zero attached hydrogens (tertiary/aromatic N) is 1. The molecule has 1 heterocycles. The van der Waals surface area contributed by atoms with E-state index in [1.165, 1.54) is 12.1 Å². The SMILES string of the molecule is COC1CCN(c2ccc(NC(=O)c3ccc(-c4ccc(F)cc4)cc3)cc2)CC1. The van der Waals surface area contributed by atoms with Crippen molar-refractivity contribution in [2.24, 2.45) is 0 Å². The lowest BCUT2D eigenvalue weighted by molar-refractivity contribution is 0.0819. The Kier molecular flexibility index (Phi) is 6.10. The quantitative estimate of drug-likeness (QED) is 0.622. The van der Waals surface area contributed by atoms with Gasteiger partial charge in [-0.05, 0) is 72.5 Å². The maximum atomic E-state index is 13.1. The highest BCUT2D eigenvalue weighted by molar-refractivity contribution is 6.04. The van der Waals surface area contributed by atoms with Crippen LogP contribution >= 0.6 is 0 Å². The van der Waals surface area contributed by atoms with E-state index in [0.717, 1.165) is 48.4 Å². The molecular weight excluding hydrogens is 379 g/mol. The minimum absolute atomic E-state index is 0.158. The second-order valence-corrected chi connectivity index (χ2v) is 7.51. The molecule has 0 radical (unpaired) electrons. The van der Waals surface area contributed by atoms with Crippen LogP contribution in [0.3, 0.4) is 0 Å². The molecule has 1 saturated heterocycles. The highest BCUT2D eigenvalue weighted by atomic mass is 19.1. The van der Waals surface area contributed by atoms with Gasteiger partial charge in [0.2, 0.25) is 0 Å². The first-order chi connectivity index (χ1) is 14.6. The lowest BCUT2D eigenvalue weighted by Gasteiger charge is -2.33. The van der Waals surface area contributed by atoms with Crippen molar-refractivity contribution >= 4 is 17.3 Å². The van der Waals surface area contributed by atoms with Gasteiger partial charge in [-0.3, -0.25) is 4.79 Å². The summed E-state index contributed by atoms with van der Waals surface area (Å²) in [5.41, 5.74) is 4.34. The van der Waals surface area contributed by atoms with Crippen molar-refractivity contribution in [1.29, 1.82) is 0 Å². The molecule has 154 valence electrons. The zero-order valence-electron chi connectivity index (χ0n) is 17.0. The Morgan fingerprint density at radius 1 is 0.900 bits per heavy atom. The van der Waals surface area contributed by atoms with E-state index in [1.807, 2.05) is 36.4 Å². The van der Waals surface area contributed by atoms with E-state index in [2.05, 4.69) is 10.2 Å². The fourth-order valence-electron chi connectivity index (χ4n) is 3.76. The number of benzene rings is 3. The van der Waals surface area contributed by atoms with Gasteiger partial charge in [0, 0.05) is 37.1 Å². The Labute approximate surface area is 176 Å². The molecule has 1 aliphatic rings. The van der Waals surface area contributed by atoms with Gasteiger partial charge < -0.3 is 15.0 Å². The van der Waals surface area contributed by atoms with Crippen molar-refractivity contribution < 1.29 is 13.9 Å². The lowest BCUT2D eigenvalue weighted by atomic mass is 10.0. The van der Waals surface area contributed by atoms with Crippen molar-refractivity contribution in [3.63, 3.8) is 0 Å². The standard InChI is InChI=1S/C25H25FN2O2/c1-30-24-14-16-28(17-15-24)23-12-10-22(11-13-23)27-25(29)20-4-2-18(3-5-20)19-6-8-21(26)9-7-19/h2-13,24H,14-17H2,1H3,(H,27,29). The molecule has 5 heteroatoms. The number of carbonyl (C=O) groups is 1. The predicted octanol–water partition coefficient (Wildman–Crippen LogP) is 5.36. The van der Waals surface area contributed by atoms with Crippen LogP contribution in [-0.2, 0) is 4.74 Å². The molecule has 0 unspecified atom stereocenters. The minimum Gasteiger partial charge on any atom is -0.381 e. The highest BCUT2D eigenvalue weighted by Crippen LogP contribution is 2.24. The molecule has 0 spiro atoms. The van der Waals surface area contributed by atoms with E-state index in [0.29, 0.717) is 11.7 Å². The van der Waals surface area contributed by atoms with Gasteiger partial charge in [-0.25, -0.2) is 4.39 Å². The van der Waals surface area contributed by atoms with Gasteiger partial charge in [-0.15, -0.1) is 0 Å². The molecule has 30 heavy (non-hydrogen) atoms. The molecule has 1 N–H and O–H groups in total. The van der Waals surface area contributed by atoms with Gasteiger partial charge in [0.25, 0.3) is 5.91 Å². The molecule has 0 aromatic heterocycles. The van der Waals surface area contributed by atoms with E-state index >= 15 is 0 Å². The average molecular weight is 404 g/mol. The number of carbonyl (C=O) groups excluding carboxylic acids is 1. The van der Waals surface area contributed by atoms with E-state index < -0.39 is 0 Å². The van der Waals surface area contributed by atoms with Crippen LogP contribution in [0.2, 0.25) is 0 Å². The number of methoxy groups -OCH3 is 1. The summed E-state index contributed by atoms with van der Waals surface area (Å²) < 4.78 is 18.5. The van der Waals surface area contributed by atoms with Crippen LogP contribution in [-0.4, -0.2) is 32.2 Å². The number of halogens is 1. The number of anilines is 2. The summed E-state index contributed by atoms with van der Waals surface area (Å²) in [7, 11) is 1.77. The molecule has 0 aliphatic carbocycles. The Bertz CT molecular complexity index is 977. The van der Waals surface area contributed by atoms with Crippen molar-refractivity contribution in [3.05, 3.63) is 84.2 Å². The first-order valence-corrected chi connectivity index (χ1v) is 10.2. The molecule has 1 fully saturated rings. The number of nitrogens with one attached hydrogen (secondary N) is 1. The highest BCUT2D eigenvalue weighted by Gasteiger charge is 2.18. The maximum Gasteiger partial charge on any atom is 0.255 e. The fourth-order valence-corrected chi connectivity index (χ4v) is 3.76. The summed E-state index contributed by atoms with van der Waals surface area (Å²) in [6, 6.07) is 21.6. The van der Waals surface area contributed by atoms with Crippen molar-refractivity contribution in [2.75, 3.05) is 30.4 Å². The third-order valence-electron chi connectivity index (χ3n) is 5.59. The first-order valence-electron chi connectivity index (χ1n) is 10.2. The molecule has 4 rings (SSSR count). The van der Waals surface area contributed by atoms with Gasteiger partial charge in [-0.1, -0.05) is 24.3 Å². The van der Waals surface area contributed by atoms with Crippen LogP contribution < -0.4 is 10.2 Å². The zero-order valence-corrected chi connectivity index (χ0v) is 17.0. The molecule has 3 aromatic carbocycles. The molecular formula is C25H25FN2O2. The van der Waals surface area contributed by atoms with Gasteiger partial charge in [0.05, 0.1) is 6.10 Å². The third-order valence-corrected chi connectivity index (χ3v) is 5.59. The Balaban J connectivity index is 1.37. The van der Waals surface area contributed by atoms with E-state index in [9.17, 15) is 9.18 Å². The summed E-state index contributed by atoms with van der Waals surface area (Å²) in [6.45, 7) is 1.95. The topological polar surface area (TPSA) is 41.6 Å². The number of rotatable bonds is 5. The Hall–Kier alpha value is -3.18. The average Bonchev–Trinajstić information content (AvgIpc) is 2.80. The normalized spacial score (nSPS) is 14.5. The van der Waals surface area contributed by atoms with Crippen LogP contribution in [0.5, 0.6) is 0 Å². The van der Waals surface area contributed by atoms with Crippen molar-refractivity contribution in [1.82, 2.24) is 0 Å². The number of hydrogen-bond acceptors (Lipinski definition) is 3. The molecule has 0 saturated carbocycles. The van der Waals surface area contributed by atoms with E-state index in [-0.39, 0.29) is 11.7 Å². The third kappa shape index (κ3) is 4.69. The summed E-state index contributed by atoms with van der Waals surface area (Å²) in [5, 5.41) is 2.94. The largest absolute Gasteiger partial charge is 0.381 e. The molecule has 1 aliphatic heterocycles. The monoisotopic (exact) mass is 404 g/mol. The van der Waals surface area contributed by atoms with Gasteiger partial charge >= 0.3 is 0 Å². The second kappa shape index (κ2) is 9.09. The van der Waals surface area contributed by atoms with Crippen LogP contribution in [0.4, 0.5) is 15.8 Å². The van der Waals surface area contributed by atoms with Crippen LogP contribution in [0.25, 0.3) is 11.1 Å². The van der Waals surface area contributed by atoms with E-state index in [1.54, 1.807) is 31.4 Å². The Morgan fingerprint density at radius 2 is 1.47 bits per heavy atom. The summed E-state index contributed by atoms with van der Waals surface area (Å²) in [5.74, 6) is -0.422. The predicted molar refractivity (Wildman–Crippen MR) is 118 cm³/mol. The van der Waals surface area contributed by atoms with E-state index in [4.69, 9.17) is 4.74 Å².